The molecular weight excluding hydrogens is 358 g/mol. The van der Waals surface area contributed by atoms with Crippen molar-refractivity contribution in [2.75, 3.05) is 38.7 Å². The Morgan fingerprint density at radius 2 is 2.07 bits per heavy atom. The van der Waals surface area contributed by atoms with Crippen molar-refractivity contribution in [3.63, 3.8) is 0 Å². The van der Waals surface area contributed by atoms with Crippen molar-refractivity contribution in [2.45, 2.75) is 32.0 Å². The molecule has 0 aliphatic carbocycles. The van der Waals surface area contributed by atoms with Gasteiger partial charge in [0.2, 0.25) is 5.91 Å². The van der Waals surface area contributed by atoms with Gasteiger partial charge in [-0.1, -0.05) is 18.2 Å². The second-order valence-electron chi connectivity index (χ2n) is 7.22. The lowest BCUT2D eigenvalue weighted by Crippen LogP contribution is -2.40. The monoisotopic (exact) mass is 387 g/mol. The fourth-order valence-corrected chi connectivity index (χ4v) is 4.00. The van der Waals surface area contributed by atoms with E-state index in [1.54, 1.807) is 11.3 Å². The topological polar surface area (TPSA) is 44.8 Å². The number of ether oxygens (including phenoxy) is 1. The van der Waals surface area contributed by atoms with Crippen molar-refractivity contribution in [3.8, 4) is 0 Å². The van der Waals surface area contributed by atoms with Crippen molar-refractivity contribution in [1.29, 1.82) is 0 Å². The normalized spacial score (nSPS) is 16.6. The van der Waals surface area contributed by atoms with Crippen molar-refractivity contribution in [1.82, 2.24) is 10.2 Å². The molecule has 1 N–H and O–H groups in total. The van der Waals surface area contributed by atoms with Crippen molar-refractivity contribution in [3.05, 3.63) is 52.2 Å². The van der Waals surface area contributed by atoms with Gasteiger partial charge in [-0.2, -0.15) is 0 Å². The average molecular weight is 388 g/mol. The Kier molecular flexibility index (Phi) is 7.26. The second kappa shape index (κ2) is 9.88. The molecule has 0 bridgehead atoms. The summed E-state index contributed by atoms with van der Waals surface area (Å²) in [5.41, 5.74) is 2.27. The van der Waals surface area contributed by atoms with Gasteiger partial charge in [-0.3, -0.25) is 9.69 Å². The van der Waals surface area contributed by atoms with Gasteiger partial charge in [-0.15, -0.1) is 11.3 Å². The molecule has 1 saturated heterocycles. The molecule has 0 spiro atoms. The zero-order chi connectivity index (χ0) is 19.1. The minimum absolute atomic E-state index is 0.0567. The third-order valence-electron chi connectivity index (χ3n) is 4.76. The van der Waals surface area contributed by atoms with Gasteiger partial charge in [0.25, 0.3) is 0 Å². The van der Waals surface area contributed by atoms with E-state index in [0.717, 1.165) is 43.8 Å². The van der Waals surface area contributed by atoms with E-state index in [-0.39, 0.29) is 12.0 Å². The zero-order valence-corrected chi connectivity index (χ0v) is 17.0. The molecule has 5 nitrogen and oxygen atoms in total. The summed E-state index contributed by atoms with van der Waals surface area (Å²) in [6.45, 7) is 3.39. The van der Waals surface area contributed by atoms with Gasteiger partial charge in [-0.05, 0) is 42.0 Å². The lowest BCUT2D eigenvalue weighted by atomic mass is 10.2. The minimum atomic E-state index is 0.0567. The molecule has 0 unspecified atom stereocenters. The first-order chi connectivity index (χ1) is 13.1. The van der Waals surface area contributed by atoms with Crippen LogP contribution >= 0.6 is 11.3 Å². The van der Waals surface area contributed by atoms with Crippen LogP contribution in [0.3, 0.4) is 0 Å². The molecule has 6 heteroatoms. The maximum absolute atomic E-state index is 12.5. The fraction of sp³-hybridized carbons (Fsp3) is 0.476. The van der Waals surface area contributed by atoms with Crippen LogP contribution in [0.1, 0.15) is 23.3 Å². The molecule has 1 aliphatic heterocycles. The van der Waals surface area contributed by atoms with Crippen LogP contribution in [0, 0.1) is 0 Å². The molecular formula is C21H29N3O2S. The summed E-state index contributed by atoms with van der Waals surface area (Å²) in [5.74, 6) is 0.0567. The average Bonchev–Trinajstić information content (AvgIpc) is 3.34. The number of amides is 1. The first kappa shape index (κ1) is 19.9. The molecule has 0 saturated carbocycles. The van der Waals surface area contributed by atoms with E-state index in [9.17, 15) is 4.79 Å². The summed E-state index contributed by atoms with van der Waals surface area (Å²) in [7, 11) is 4.04. The van der Waals surface area contributed by atoms with Crippen LogP contribution in [0.25, 0.3) is 0 Å². The van der Waals surface area contributed by atoms with Crippen LogP contribution in [0.2, 0.25) is 0 Å². The lowest BCUT2D eigenvalue weighted by Gasteiger charge is -2.24. The smallest absolute Gasteiger partial charge is 0.234 e. The predicted octanol–water partition coefficient (Wildman–Crippen LogP) is 3.11. The van der Waals surface area contributed by atoms with Crippen LogP contribution in [-0.4, -0.2) is 50.7 Å². The lowest BCUT2D eigenvalue weighted by molar-refractivity contribution is -0.122. The van der Waals surface area contributed by atoms with Crippen LogP contribution in [-0.2, 0) is 22.6 Å². The molecule has 146 valence electrons. The Morgan fingerprint density at radius 3 is 2.70 bits per heavy atom. The third-order valence-corrected chi connectivity index (χ3v) is 5.62. The van der Waals surface area contributed by atoms with Gasteiger partial charge in [-0.25, -0.2) is 0 Å². The zero-order valence-electron chi connectivity index (χ0n) is 16.2. The number of rotatable bonds is 9. The molecule has 0 radical (unpaired) electrons. The number of benzene rings is 1. The van der Waals surface area contributed by atoms with Crippen LogP contribution in [0.4, 0.5) is 5.69 Å². The van der Waals surface area contributed by atoms with Crippen LogP contribution < -0.4 is 10.2 Å². The number of hydrogen-bond donors (Lipinski definition) is 1. The molecule has 1 aliphatic rings. The highest BCUT2D eigenvalue weighted by Crippen LogP contribution is 2.17. The highest BCUT2D eigenvalue weighted by Gasteiger charge is 2.21. The van der Waals surface area contributed by atoms with Gasteiger partial charge >= 0.3 is 0 Å². The highest BCUT2D eigenvalue weighted by atomic mass is 32.1. The van der Waals surface area contributed by atoms with Gasteiger partial charge in [0, 0.05) is 50.9 Å². The van der Waals surface area contributed by atoms with Crippen molar-refractivity contribution in [2.24, 2.45) is 0 Å². The largest absolute Gasteiger partial charge is 0.378 e. The Morgan fingerprint density at radius 1 is 1.26 bits per heavy atom. The predicted molar refractivity (Wildman–Crippen MR) is 111 cm³/mol. The number of thiophene rings is 1. The Bertz CT molecular complexity index is 695. The Hall–Kier alpha value is -1.89. The van der Waals surface area contributed by atoms with Crippen molar-refractivity contribution < 1.29 is 9.53 Å². The Labute approximate surface area is 165 Å². The number of nitrogens with one attached hydrogen (secondary N) is 1. The molecule has 27 heavy (non-hydrogen) atoms. The first-order valence-electron chi connectivity index (χ1n) is 9.49. The summed E-state index contributed by atoms with van der Waals surface area (Å²) in [6.07, 6.45) is 2.45. The van der Waals surface area contributed by atoms with E-state index in [1.165, 1.54) is 4.88 Å². The quantitative estimate of drug-likeness (QED) is 0.718. The summed E-state index contributed by atoms with van der Waals surface area (Å²) in [5, 5.41) is 5.13. The number of anilines is 1. The van der Waals surface area contributed by atoms with Gasteiger partial charge in [0.15, 0.2) is 0 Å². The van der Waals surface area contributed by atoms with Gasteiger partial charge in [0.1, 0.15) is 0 Å². The SMILES string of the molecule is CN(C)c1ccc(CNC(=O)CN(Cc2cccs2)C[C@H]2CCCO2)cc1. The number of hydrogen-bond acceptors (Lipinski definition) is 5. The number of nitrogens with zero attached hydrogens (tertiary/aromatic N) is 2. The molecule has 1 fully saturated rings. The molecule has 1 atom stereocenters. The molecule has 1 aromatic carbocycles. The minimum Gasteiger partial charge on any atom is -0.378 e. The summed E-state index contributed by atoms with van der Waals surface area (Å²) < 4.78 is 5.77. The number of carbonyl (C=O) groups excluding carboxylic acids is 1. The van der Waals surface area contributed by atoms with Crippen molar-refractivity contribution >= 4 is 22.9 Å². The molecule has 3 rings (SSSR count). The van der Waals surface area contributed by atoms with E-state index in [1.807, 2.05) is 14.1 Å². The first-order valence-corrected chi connectivity index (χ1v) is 10.4. The molecule has 2 aromatic rings. The molecule has 1 amide bonds. The third kappa shape index (κ3) is 6.34. The summed E-state index contributed by atoms with van der Waals surface area (Å²) in [4.78, 5) is 18.0. The van der Waals surface area contributed by atoms with Gasteiger partial charge in [0.05, 0.1) is 12.6 Å². The summed E-state index contributed by atoms with van der Waals surface area (Å²) in [6, 6.07) is 12.4. The highest BCUT2D eigenvalue weighted by molar-refractivity contribution is 7.09. The van der Waals surface area contributed by atoms with Crippen LogP contribution in [0.5, 0.6) is 0 Å². The molecule has 1 aromatic heterocycles. The van der Waals surface area contributed by atoms with E-state index >= 15 is 0 Å². The van der Waals surface area contributed by atoms with E-state index in [2.05, 4.69) is 56.9 Å². The fourth-order valence-electron chi connectivity index (χ4n) is 3.26. The van der Waals surface area contributed by atoms with E-state index in [4.69, 9.17) is 4.74 Å². The van der Waals surface area contributed by atoms with E-state index in [0.29, 0.717) is 13.1 Å². The standard InChI is InChI=1S/C21H29N3O2S/c1-23(2)18-9-7-17(8-10-18)13-22-21(25)16-24(14-19-5-3-11-26-19)15-20-6-4-12-27-20/h4,6-10,12,19H,3,5,11,13-16H2,1-2H3,(H,22,25)/t19-/m1/s1. The maximum Gasteiger partial charge on any atom is 0.234 e. The van der Waals surface area contributed by atoms with Gasteiger partial charge < -0.3 is 15.0 Å². The summed E-state index contributed by atoms with van der Waals surface area (Å²) >= 11 is 1.73. The number of carbonyl (C=O) groups is 1. The Balaban J connectivity index is 1.51. The van der Waals surface area contributed by atoms with E-state index < -0.39 is 0 Å². The van der Waals surface area contributed by atoms with Crippen LogP contribution in [0.15, 0.2) is 41.8 Å². The molecule has 2 heterocycles. The maximum atomic E-state index is 12.5. The second-order valence-corrected chi connectivity index (χ2v) is 8.25.